The molecule has 0 saturated carbocycles. The molecule has 1 amide bonds. The molecular weight excluding hydrogens is 444 g/mol. The van der Waals surface area contributed by atoms with E-state index in [1.807, 2.05) is 6.92 Å². The standard InChI is InChI=1S/C19H20N4O4S3/c1-2-7-20-16-13(17(24)22-8-4-3-5-15(22)21-16)10-14-18(25)23(19(28)29-14)12-6-9-30(26,27)11-12/h3-5,8,10,12,20H,2,6-7,9,11H2,1H3/b14-10+. The Hall–Kier alpha value is -2.24. The molecule has 158 valence electrons. The summed E-state index contributed by atoms with van der Waals surface area (Å²) in [4.78, 5) is 32.3. The van der Waals surface area contributed by atoms with Crippen LogP contribution in [0.4, 0.5) is 5.82 Å². The van der Waals surface area contributed by atoms with Crippen molar-refractivity contribution in [3.8, 4) is 0 Å². The first-order valence-corrected chi connectivity index (χ1v) is 12.6. The summed E-state index contributed by atoms with van der Waals surface area (Å²) in [5.74, 6) is -0.00163. The molecule has 2 aromatic rings. The van der Waals surface area contributed by atoms with Crippen LogP contribution in [0.3, 0.4) is 0 Å². The molecule has 4 heterocycles. The van der Waals surface area contributed by atoms with E-state index in [0.717, 1.165) is 18.2 Å². The average Bonchev–Trinajstić information content (AvgIpc) is 3.20. The molecule has 2 fully saturated rings. The number of nitrogens with zero attached hydrogens (tertiary/aromatic N) is 3. The Morgan fingerprint density at radius 3 is 2.87 bits per heavy atom. The Bertz CT molecular complexity index is 1240. The number of anilines is 1. The molecule has 0 aliphatic carbocycles. The van der Waals surface area contributed by atoms with E-state index in [2.05, 4.69) is 10.3 Å². The molecule has 0 spiro atoms. The fraction of sp³-hybridized carbons (Fsp3) is 0.368. The van der Waals surface area contributed by atoms with E-state index in [-0.39, 0.29) is 28.5 Å². The zero-order valence-corrected chi connectivity index (χ0v) is 18.6. The molecule has 8 nitrogen and oxygen atoms in total. The smallest absolute Gasteiger partial charge is 0.267 e. The fourth-order valence-corrected chi connectivity index (χ4v) is 6.60. The third-order valence-electron chi connectivity index (χ3n) is 4.98. The van der Waals surface area contributed by atoms with Gasteiger partial charge in [0.25, 0.3) is 11.5 Å². The van der Waals surface area contributed by atoms with Gasteiger partial charge >= 0.3 is 0 Å². The van der Waals surface area contributed by atoms with E-state index in [1.165, 1.54) is 15.4 Å². The summed E-state index contributed by atoms with van der Waals surface area (Å²) in [6.45, 7) is 2.62. The maximum atomic E-state index is 13.1. The number of pyridine rings is 1. The number of fused-ring (bicyclic) bond motifs is 1. The molecular formula is C19H20N4O4S3. The second-order valence-electron chi connectivity index (χ2n) is 7.14. The molecule has 30 heavy (non-hydrogen) atoms. The van der Waals surface area contributed by atoms with Crippen LogP contribution in [-0.2, 0) is 14.6 Å². The van der Waals surface area contributed by atoms with Gasteiger partial charge in [-0.05, 0) is 31.1 Å². The highest BCUT2D eigenvalue weighted by molar-refractivity contribution is 8.26. The zero-order valence-electron chi connectivity index (χ0n) is 16.2. The highest BCUT2D eigenvalue weighted by Crippen LogP contribution is 2.36. The predicted molar refractivity (Wildman–Crippen MR) is 122 cm³/mol. The summed E-state index contributed by atoms with van der Waals surface area (Å²) in [6, 6.07) is 4.81. The number of sulfone groups is 1. The average molecular weight is 465 g/mol. The largest absolute Gasteiger partial charge is 0.369 e. The van der Waals surface area contributed by atoms with Crippen LogP contribution in [0.15, 0.2) is 34.1 Å². The molecule has 0 bridgehead atoms. The summed E-state index contributed by atoms with van der Waals surface area (Å²) < 4.78 is 25.4. The molecule has 1 N–H and O–H groups in total. The number of amides is 1. The van der Waals surface area contributed by atoms with E-state index < -0.39 is 15.9 Å². The first kappa shape index (κ1) is 21.0. The van der Waals surface area contributed by atoms with Gasteiger partial charge in [-0.25, -0.2) is 13.4 Å². The van der Waals surface area contributed by atoms with Crippen LogP contribution < -0.4 is 10.9 Å². The van der Waals surface area contributed by atoms with E-state index in [0.29, 0.717) is 33.7 Å². The number of aromatic nitrogens is 2. The van der Waals surface area contributed by atoms with Crippen molar-refractivity contribution in [3.63, 3.8) is 0 Å². The first-order valence-electron chi connectivity index (χ1n) is 9.53. The van der Waals surface area contributed by atoms with Crippen molar-refractivity contribution in [2.24, 2.45) is 0 Å². The van der Waals surface area contributed by atoms with Gasteiger partial charge in [0.05, 0.1) is 28.0 Å². The highest BCUT2D eigenvalue weighted by Gasteiger charge is 2.42. The van der Waals surface area contributed by atoms with Gasteiger partial charge in [-0.3, -0.25) is 18.9 Å². The van der Waals surface area contributed by atoms with Crippen LogP contribution in [0.5, 0.6) is 0 Å². The number of rotatable bonds is 5. The molecule has 0 aromatic carbocycles. The Morgan fingerprint density at radius 2 is 2.17 bits per heavy atom. The molecule has 2 aliphatic rings. The lowest BCUT2D eigenvalue weighted by Gasteiger charge is -2.20. The molecule has 2 aliphatic heterocycles. The maximum absolute atomic E-state index is 13.1. The molecule has 1 atom stereocenters. The van der Waals surface area contributed by atoms with Gasteiger partial charge in [0.15, 0.2) is 9.84 Å². The maximum Gasteiger partial charge on any atom is 0.267 e. The van der Waals surface area contributed by atoms with Crippen molar-refractivity contribution in [2.75, 3.05) is 23.4 Å². The highest BCUT2D eigenvalue weighted by atomic mass is 32.2. The van der Waals surface area contributed by atoms with E-state index in [1.54, 1.807) is 24.4 Å². The minimum atomic E-state index is -3.16. The summed E-state index contributed by atoms with van der Waals surface area (Å²) >= 11 is 6.43. The van der Waals surface area contributed by atoms with Crippen molar-refractivity contribution >= 4 is 61.6 Å². The van der Waals surface area contributed by atoms with Crippen molar-refractivity contribution < 1.29 is 13.2 Å². The van der Waals surface area contributed by atoms with E-state index in [9.17, 15) is 18.0 Å². The number of nitrogens with one attached hydrogen (secondary N) is 1. The second-order valence-corrected chi connectivity index (χ2v) is 11.0. The van der Waals surface area contributed by atoms with Crippen LogP contribution in [-0.4, -0.2) is 57.0 Å². The predicted octanol–water partition coefficient (Wildman–Crippen LogP) is 1.90. The molecule has 4 rings (SSSR count). The van der Waals surface area contributed by atoms with Crippen LogP contribution >= 0.6 is 24.0 Å². The third-order valence-corrected chi connectivity index (χ3v) is 8.06. The Kier molecular flexibility index (Phi) is 5.69. The number of hydrogen-bond acceptors (Lipinski definition) is 8. The normalized spacial score (nSPS) is 22.4. The lowest BCUT2D eigenvalue weighted by molar-refractivity contribution is -0.123. The van der Waals surface area contributed by atoms with Gasteiger partial charge in [-0.2, -0.15) is 0 Å². The summed E-state index contributed by atoms with van der Waals surface area (Å²) in [6.07, 6.45) is 4.34. The third kappa shape index (κ3) is 3.88. The Balaban J connectivity index is 1.75. The van der Waals surface area contributed by atoms with Crippen molar-refractivity contribution in [3.05, 3.63) is 45.2 Å². The lowest BCUT2D eigenvalue weighted by atomic mass is 10.2. The second kappa shape index (κ2) is 8.12. The fourth-order valence-electron chi connectivity index (χ4n) is 3.52. The van der Waals surface area contributed by atoms with Gasteiger partial charge in [-0.1, -0.05) is 37.0 Å². The molecule has 2 saturated heterocycles. The van der Waals surface area contributed by atoms with Crippen LogP contribution in [0.1, 0.15) is 25.3 Å². The monoisotopic (exact) mass is 464 g/mol. The zero-order chi connectivity index (χ0) is 21.5. The number of thioether (sulfide) groups is 1. The topological polar surface area (TPSA) is 101 Å². The van der Waals surface area contributed by atoms with Gasteiger partial charge in [0.2, 0.25) is 0 Å². The van der Waals surface area contributed by atoms with Crippen LogP contribution in [0.2, 0.25) is 0 Å². The number of hydrogen-bond donors (Lipinski definition) is 1. The quantitative estimate of drug-likeness (QED) is 0.529. The first-order chi connectivity index (χ1) is 14.3. The number of carbonyl (C=O) groups excluding carboxylic acids is 1. The minimum absolute atomic E-state index is 0.0504. The SMILES string of the molecule is CCCNc1nc2ccccn2c(=O)c1/C=C1/SC(=S)N(C2CCS(=O)(=O)C2)C1=O. The molecule has 11 heteroatoms. The summed E-state index contributed by atoms with van der Waals surface area (Å²) in [7, 11) is -3.16. The Morgan fingerprint density at radius 1 is 1.37 bits per heavy atom. The van der Waals surface area contributed by atoms with Crippen LogP contribution in [0.25, 0.3) is 11.7 Å². The van der Waals surface area contributed by atoms with E-state index in [4.69, 9.17) is 12.2 Å². The van der Waals surface area contributed by atoms with Gasteiger partial charge in [0, 0.05) is 12.7 Å². The minimum Gasteiger partial charge on any atom is -0.369 e. The Labute approximate surface area is 183 Å². The van der Waals surface area contributed by atoms with Gasteiger partial charge in [-0.15, -0.1) is 0 Å². The van der Waals surface area contributed by atoms with Gasteiger partial charge in [0.1, 0.15) is 15.8 Å². The number of carbonyl (C=O) groups is 1. The molecule has 0 radical (unpaired) electrons. The molecule has 2 aromatic heterocycles. The van der Waals surface area contributed by atoms with E-state index >= 15 is 0 Å². The summed E-state index contributed by atoms with van der Waals surface area (Å²) in [5, 5.41) is 3.16. The van der Waals surface area contributed by atoms with Gasteiger partial charge < -0.3 is 5.32 Å². The van der Waals surface area contributed by atoms with Crippen LogP contribution in [0, 0.1) is 0 Å². The van der Waals surface area contributed by atoms with Crippen molar-refractivity contribution in [1.82, 2.24) is 14.3 Å². The van der Waals surface area contributed by atoms with Crippen molar-refractivity contribution in [1.29, 1.82) is 0 Å². The van der Waals surface area contributed by atoms with Crippen molar-refractivity contribution in [2.45, 2.75) is 25.8 Å². The lowest BCUT2D eigenvalue weighted by Crippen LogP contribution is -2.39. The summed E-state index contributed by atoms with van der Waals surface area (Å²) in [5.41, 5.74) is 0.474. The molecule has 1 unspecified atom stereocenters. The number of thiocarbonyl (C=S) groups is 1.